The molecule has 0 amide bonds. The Bertz CT molecular complexity index is 614. The number of fused-ring (bicyclic) bond motifs is 1. The summed E-state index contributed by atoms with van der Waals surface area (Å²) in [5, 5.41) is 0.763. The lowest BCUT2D eigenvalue weighted by molar-refractivity contribution is 0.0938. The van der Waals surface area contributed by atoms with Crippen molar-refractivity contribution in [1.82, 2.24) is 4.57 Å². The first kappa shape index (κ1) is 13.7. The van der Waals surface area contributed by atoms with E-state index >= 15 is 0 Å². The molecule has 102 valence electrons. The third-order valence-corrected chi connectivity index (χ3v) is 3.32. The van der Waals surface area contributed by atoms with Gasteiger partial charge >= 0.3 is 0 Å². The molecule has 0 N–H and O–H groups in total. The Morgan fingerprint density at radius 3 is 2.47 bits per heavy atom. The third-order valence-electron chi connectivity index (χ3n) is 3.32. The molecule has 0 aliphatic carbocycles. The SMILES string of the molecule is Cc1c(C(=O)C(C)C)c2ccccc2n1CC(F)F. The van der Waals surface area contributed by atoms with Gasteiger partial charge in [0.15, 0.2) is 5.78 Å². The topological polar surface area (TPSA) is 22.0 Å². The van der Waals surface area contributed by atoms with Gasteiger partial charge in [-0.15, -0.1) is 0 Å². The number of rotatable bonds is 4. The van der Waals surface area contributed by atoms with Gasteiger partial charge in [-0.3, -0.25) is 4.79 Å². The summed E-state index contributed by atoms with van der Waals surface area (Å²) in [5.74, 6) is -0.147. The van der Waals surface area contributed by atoms with Gasteiger partial charge in [-0.2, -0.15) is 0 Å². The molecule has 1 heterocycles. The maximum atomic E-state index is 12.7. The molecule has 1 aromatic carbocycles. The number of halogens is 2. The second kappa shape index (κ2) is 5.11. The van der Waals surface area contributed by atoms with Gasteiger partial charge in [-0.25, -0.2) is 8.78 Å². The van der Waals surface area contributed by atoms with E-state index in [4.69, 9.17) is 0 Å². The Kier molecular flexibility index (Phi) is 3.69. The smallest absolute Gasteiger partial charge is 0.256 e. The highest BCUT2D eigenvalue weighted by Crippen LogP contribution is 2.28. The third kappa shape index (κ3) is 2.39. The van der Waals surface area contributed by atoms with Crippen molar-refractivity contribution in [2.24, 2.45) is 5.92 Å². The van der Waals surface area contributed by atoms with Gasteiger partial charge in [0, 0.05) is 28.1 Å². The molecule has 0 atom stereocenters. The maximum absolute atomic E-state index is 12.7. The van der Waals surface area contributed by atoms with E-state index in [2.05, 4.69) is 0 Å². The Morgan fingerprint density at radius 1 is 1.26 bits per heavy atom. The molecule has 0 radical (unpaired) electrons. The van der Waals surface area contributed by atoms with Crippen LogP contribution in [0.1, 0.15) is 29.9 Å². The number of alkyl halides is 2. The highest BCUT2D eigenvalue weighted by atomic mass is 19.3. The lowest BCUT2D eigenvalue weighted by Crippen LogP contribution is -2.12. The van der Waals surface area contributed by atoms with Gasteiger partial charge in [0.2, 0.25) is 0 Å². The van der Waals surface area contributed by atoms with Crippen molar-refractivity contribution in [3.63, 3.8) is 0 Å². The molecule has 0 unspecified atom stereocenters. The van der Waals surface area contributed by atoms with Gasteiger partial charge < -0.3 is 4.57 Å². The van der Waals surface area contributed by atoms with Crippen molar-refractivity contribution in [2.75, 3.05) is 0 Å². The van der Waals surface area contributed by atoms with E-state index in [1.807, 2.05) is 26.0 Å². The predicted octanol–water partition coefficient (Wildman–Crippen LogP) is 4.05. The van der Waals surface area contributed by atoms with Crippen LogP contribution in [0.25, 0.3) is 10.9 Å². The number of ketones is 1. The summed E-state index contributed by atoms with van der Waals surface area (Å²) in [5.41, 5.74) is 1.90. The van der Waals surface area contributed by atoms with Crippen molar-refractivity contribution in [3.8, 4) is 0 Å². The number of carbonyl (C=O) groups is 1. The van der Waals surface area contributed by atoms with Crippen LogP contribution < -0.4 is 0 Å². The van der Waals surface area contributed by atoms with Crippen LogP contribution in [0.3, 0.4) is 0 Å². The summed E-state index contributed by atoms with van der Waals surface area (Å²) >= 11 is 0. The molecule has 0 aliphatic heterocycles. The van der Waals surface area contributed by atoms with Crippen LogP contribution in [-0.2, 0) is 6.54 Å². The van der Waals surface area contributed by atoms with Gasteiger partial charge in [0.25, 0.3) is 6.43 Å². The Labute approximate surface area is 111 Å². The Hall–Kier alpha value is -1.71. The predicted molar refractivity (Wildman–Crippen MR) is 71.8 cm³/mol. The van der Waals surface area contributed by atoms with E-state index in [0.29, 0.717) is 16.8 Å². The van der Waals surface area contributed by atoms with Crippen LogP contribution in [0.5, 0.6) is 0 Å². The molecule has 1 aromatic heterocycles. The lowest BCUT2D eigenvalue weighted by Gasteiger charge is -2.08. The molecule has 19 heavy (non-hydrogen) atoms. The molecular weight excluding hydrogens is 248 g/mol. The first-order valence-electron chi connectivity index (χ1n) is 6.33. The Morgan fingerprint density at radius 2 is 1.89 bits per heavy atom. The maximum Gasteiger partial charge on any atom is 0.256 e. The number of benzene rings is 1. The fourth-order valence-corrected chi connectivity index (χ4v) is 2.40. The fraction of sp³-hybridized carbons (Fsp3) is 0.400. The first-order valence-corrected chi connectivity index (χ1v) is 6.33. The standard InChI is InChI=1S/C15H17F2NO/c1-9(2)15(19)14-10(3)18(8-13(16)17)12-7-5-4-6-11(12)14/h4-7,9,13H,8H2,1-3H3. The zero-order chi connectivity index (χ0) is 14.2. The minimum atomic E-state index is -2.43. The van der Waals surface area contributed by atoms with E-state index in [1.165, 1.54) is 4.57 Å². The summed E-state index contributed by atoms with van der Waals surface area (Å²) < 4.78 is 26.9. The summed E-state index contributed by atoms with van der Waals surface area (Å²) in [7, 11) is 0. The number of nitrogens with zero attached hydrogens (tertiary/aromatic N) is 1. The quantitative estimate of drug-likeness (QED) is 0.764. The second-order valence-corrected chi connectivity index (χ2v) is 5.00. The lowest BCUT2D eigenvalue weighted by atomic mass is 9.98. The van der Waals surface area contributed by atoms with Crippen LogP contribution in [-0.4, -0.2) is 16.8 Å². The van der Waals surface area contributed by atoms with Crippen molar-refractivity contribution in [3.05, 3.63) is 35.5 Å². The number of Topliss-reactive ketones (excluding diaryl/α,β-unsaturated/α-hetero) is 1. The Balaban J connectivity index is 2.70. The molecule has 0 fully saturated rings. The molecule has 0 aliphatic rings. The molecule has 2 rings (SSSR count). The van der Waals surface area contributed by atoms with Gasteiger partial charge in [0.1, 0.15) is 0 Å². The van der Waals surface area contributed by atoms with Gasteiger partial charge in [-0.05, 0) is 13.0 Å². The summed E-state index contributed by atoms with van der Waals surface area (Å²) in [6.45, 7) is 5.00. The van der Waals surface area contributed by atoms with Crippen molar-refractivity contribution >= 4 is 16.7 Å². The normalized spacial score (nSPS) is 11.7. The summed E-state index contributed by atoms with van der Waals surface area (Å²) in [6.07, 6.45) is -2.43. The van der Waals surface area contributed by atoms with E-state index in [1.54, 1.807) is 19.1 Å². The minimum absolute atomic E-state index is 0.00159. The number of hydrogen-bond donors (Lipinski definition) is 0. The van der Waals surface area contributed by atoms with E-state index < -0.39 is 6.43 Å². The number of carbonyl (C=O) groups excluding carboxylic acids is 1. The molecule has 0 saturated heterocycles. The van der Waals surface area contributed by atoms with Crippen molar-refractivity contribution < 1.29 is 13.6 Å². The van der Waals surface area contributed by atoms with Crippen LogP contribution in [0, 0.1) is 12.8 Å². The first-order chi connectivity index (χ1) is 8.93. The zero-order valence-electron chi connectivity index (χ0n) is 11.3. The fourth-order valence-electron chi connectivity index (χ4n) is 2.40. The highest BCUT2D eigenvalue weighted by Gasteiger charge is 2.22. The largest absolute Gasteiger partial charge is 0.338 e. The van der Waals surface area contributed by atoms with Gasteiger partial charge in [0.05, 0.1) is 6.54 Å². The van der Waals surface area contributed by atoms with E-state index in [9.17, 15) is 13.6 Å². The average Bonchev–Trinajstić information content (AvgIpc) is 2.61. The second-order valence-electron chi connectivity index (χ2n) is 5.00. The molecule has 4 heteroatoms. The molecule has 0 saturated carbocycles. The van der Waals surface area contributed by atoms with Crippen molar-refractivity contribution in [2.45, 2.75) is 33.7 Å². The van der Waals surface area contributed by atoms with Gasteiger partial charge in [-0.1, -0.05) is 32.0 Å². The summed E-state index contributed by atoms with van der Waals surface area (Å²) in [4.78, 5) is 12.3. The van der Waals surface area contributed by atoms with Crippen LogP contribution >= 0.6 is 0 Å². The highest BCUT2D eigenvalue weighted by molar-refractivity contribution is 6.10. The average molecular weight is 265 g/mol. The van der Waals surface area contributed by atoms with Crippen LogP contribution in [0.2, 0.25) is 0 Å². The number of aromatic nitrogens is 1. The monoisotopic (exact) mass is 265 g/mol. The molecule has 0 bridgehead atoms. The van der Waals surface area contributed by atoms with E-state index in [0.717, 1.165) is 5.39 Å². The molecule has 2 nitrogen and oxygen atoms in total. The molecule has 2 aromatic rings. The number of hydrogen-bond acceptors (Lipinski definition) is 1. The van der Waals surface area contributed by atoms with Crippen LogP contribution in [0.4, 0.5) is 8.78 Å². The van der Waals surface area contributed by atoms with Crippen molar-refractivity contribution in [1.29, 1.82) is 0 Å². The summed E-state index contributed by atoms with van der Waals surface area (Å²) in [6, 6.07) is 7.22. The zero-order valence-corrected chi connectivity index (χ0v) is 11.3. The molecular formula is C15H17F2NO. The number of para-hydroxylation sites is 1. The van der Waals surface area contributed by atoms with Crippen LogP contribution in [0.15, 0.2) is 24.3 Å². The molecule has 0 spiro atoms. The minimum Gasteiger partial charge on any atom is -0.338 e. The van der Waals surface area contributed by atoms with E-state index in [-0.39, 0.29) is 18.2 Å².